The normalized spacial score (nSPS) is 15.7. The summed E-state index contributed by atoms with van der Waals surface area (Å²) in [4.78, 5) is 14.9. The predicted molar refractivity (Wildman–Crippen MR) is 119 cm³/mol. The van der Waals surface area contributed by atoms with Crippen molar-refractivity contribution in [3.05, 3.63) is 52.0 Å². The van der Waals surface area contributed by atoms with Gasteiger partial charge in [0.15, 0.2) is 11.5 Å². The third kappa shape index (κ3) is 4.40. The van der Waals surface area contributed by atoms with E-state index in [9.17, 15) is 4.79 Å². The van der Waals surface area contributed by atoms with Gasteiger partial charge in [0.1, 0.15) is 0 Å². The number of carbonyl (C=O) groups is 1. The van der Waals surface area contributed by atoms with Crippen LogP contribution in [0, 0.1) is 5.92 Å². The minimum atomic E-state index is -0.172. The van der Waals surface area contributed by atoms with Crippen molar-refractivity contribution in [2.24, 2.45) is 11.0 Å². The number of methoxy groups -OCH3 is 2. The van der Waals surface area contributed by atoms with Crippen LogP contribution >= 0.6 is 15.9 Å². The molecule has 7 heteroatoms. The first-order chi connectivity index (χ1) is 13.8. The summed E-state index contributed by atoms with van der Waals surface area (Å²) in [6, 6.07) is 11.3. The number of nitrogens with zero attached hydrogens (tertiary/aromatic N) is 3. The number of halogens is 1. The number of benzene rings is 2. The zero-order valence-corrected chi connectivity index (χ0v) is 18.9. The van der Waals surface area contributed by atoms with Crippen molar-refractivity contribution in [3.63, 3.8) is 0 Å². The Balaban J connectivity index is 1.96. The Morgan fingerprint density at radius 2 is 1.79 bits per heavy atom. The van der Waals surface area contributed by atoms with Gasteiger partial charge in [-0.05, 0) is 54.3 Å². The maximum absolute atomic E-state index is 13.3. The van der Waals surface area contributed by atoms with E-state index in [2.05, 4.69) is 34.9 Å². The smallest absolute Gasteiger partial charge is 0.344 e. The molecular formula is C22H26BrN3O3. The molecule has 0 N–H and O–H groups in total. The van der Waals surface area contributed by atoms with Crippen molar-refractivity contribution in [1.82, 2.24) is 5.01 Å². The number of hydrogen-bond acceptors (Lipinski definition) is 4. The monoisotopic (exact) mass is 459 g/mol. The van der Waals surface area contributed by atoms with Crippen LogP contribution < -0.4 is 14.4 Å². The maximum Gasteiger partial charge on any atom is 0.344 e. The summed E-state index contributed by atoms with van der Waals surface area (Å²) in [7, 11) is 5.00. The van der Waals surface area contributed by atoms with Crippen LogP contribution in [0.2, 0.25) is 0 Å². The molecule has 1 atom stereocenters. The standard InChI is InChI=1S/C22H26BrN3O3/c1-14(2)19-10-15-11-20(28-4)21(29-5)12-16(15)13-24-26(19)22(27)25(3)18-8-6-17(23)7-9-18/h6-9,11-14,19H,10H2,1-5H3. The Morgan fingerprint density at radius 3 is 2.38 bits per heavy atom. The van der Waals surface area contributed by atoms with Crippen molar-refractivity contribution < 1.29 is 14.3 Å². The van der Waals surface area contributed by atoms with Gasteiger partial charge in [0.25, 0.3) is 0 Å². The lowest BCUT2D eigenvalue weighted by atomic mass is 9.93. The van der Waals surface area contributed by atoms with Gasteiger partial charge in [0.05, 0.1) is 26.5 Å². The second kappa shape index (κ2) is 8.86. The van der Waals surface area contributed by atoms with Gasteiger partial charge in [0, 0.05) is 22.8 Å². The van der Waals surface area contributed by atoms with Gasteiger partial charge in [-0.25, -0.2) is 9.80 Å². The molecule has 0 saturated heterocycles. The van der Waals surface area contributed by atoms with E-state index in [0.29, 0.717) is 17.9 Å². The molecule has 3 rings (SSSR count). The summed E-state index contributed by atoms with van der Waals surface area (Å²) in [6.07, 6.45) is 2.40. The van der Waals surface area contributed by atoms with Crippen LogP contribution in [0.25, 0.3) is 0 Å². The van der Waals surface area contributed by atoms with Gasteiger partial charge >= 0.3 is 6.03 Å². The van der Waals surface area contributed by atoms with E-state index in [1.54, 1.807) is 37.4 Å². The Hall–Kier alpha value is -2.54. The molecule has 154 valence electrons. The van der Waals surface area contributed by atoms with Crippen LogP contribution in [-0.4, -0.2) is 44.6 Å². The fourth-order valence-corrected chi connectivity index (χ4v) is 3.66. The lowest BCUT2D eigenvalue weighted by molar-refractivity contribution is 0.166. The molecule has 0 spiro atoms. The molecule has 1 aliphatic heterocycles. The first-order valence-electron chi connectivity index (χ1n) is 9.47. The highest BCUT2D eigenvalue weighted by Gasteiger charge is 2.32. The average Bonchev–Trinajstić information content (AvgIpc) is 2.91. The number of carbonyl (C=O) groups excluding carboxylic acids is 1. The van der Waals surface area contributed by atoms with Crippen LogP contribution in [0.5, 0.6) is 11.5 Å². The van der Waals surface area contributed by atoms with E-state index >= 15 is 0 Å². The zero-order chi connectivity index (χ0) is 21.1. The summed E-state index contributed by atoms with van der Waals surface area (Å²) in [5, 5.41) is 6.16. The van der Waals surface area contributed by atoms with E-state index in [1.807, 2.05) is 36.4 Å². The van der Waals surface area contributed by atoms with Gasteiger partial charge in [-0.15, -0.1) is 0 Å². The lowest BCUT2D eigenvalue weighted by Gasteiger charge is -2.32. The Labute approximate surface area is 180 Å². The van der Waals surface area contributed by atoms with E-state index < -0.39 is 0 Å². The molecule has 6 nitrogen and oxygen atoms in total. The number of fused-ring (bicyclic) bond motifs is 1. The number of anilines is 1. The molecule has 1 unspecified atom stereocenters. The maximum atomic E-state index is 13.3. The summed E-state index contributed by atoms with van der Waals surface area (Å²) in [5.41, 5.74) is 2.81. The Morgan fingerprint density at radius 1 is 1.17 bits per heavy atom. The van der Waals surface area contributed by atoms with Gasteiger partial charge in [-0.2, -0.15) is 5.10 Å². The molecule has 1 heterocycles. The molecule has 1 aliphatic rings. The van der Waals surface area contributed by atoms with Crippen LogP contribution in [0.3, 0.4) is 0 Å². The highest BCUT2D eigenvalue weighted by Crippen LogP contribution is 2.33. The number of urea groups is 1. The molecule has 0 aliphatic carbocycles. The molecule has 2 amide bonds. The molecule has 0 aromatic heterocycles. The molecule has 0 fully saturated rings. The third-order valence-corrected chi connectivity index (χ3v) is 5.70. The van der Waals surface area contributed by atoms with Gasteiger partial charge in [-0.1, -0.05) is 29.8 Å². The van der Waals surface area contributed by atoms with E-state index in [1.165, 1.54) is 0 Å². The van der Waals surface area contributed by atoms with E-state index in [-0.39, 0.29) is 18.0 Å². The van der Waals surface area contributed by atoms with E-state index in [0.717, 1.165) is 21.3 Å². The topological polar surface area (TPSA) is 54.4 Å². The average molecular weight is 460 g/mol. The van der Waals surface area contributed by atoms with Gasteiger partial charge in [0.2, 0.25) is 0 Å². The first kappa shape index (κ1) is 21.2. The quantitative estimate of drug-likeness (QED) is 0.650. The fourth-order valence-electron chi connectivity index (χ4n) is 3.39. The number of hydrogen-bond donors (Lipinski definition) is 0. The largest absolute Gasteiger partial charge is 0.493 e. The zero-order valence-electron chi connectivity index (χ0n) is 17.3. The molecule has 2 aromatic rings. The van der Waals surface area contributed by atoms with Gasteiger partial charge in [-0.3, -0.25) is 4.90 Å². The minimum absolute atomic E-state index is 0.0870. The van der Waals surface area contributed by atoms with Crippen LogP contribution in [0.15, 0.2) is 46.0 Å². The number of hydrazone groups is 1. The third-order valence-electron chi connectivity index (χ3n) is 5.18. The fraction of sp³-hybridized carbons (Fsp3) is 0.364. The van der Waals surface area contributed by atoms with Crippen LogP contribution in [0.4, 0.5) is 10.5 Å². The molecular weight excluding hydrogens is 434 g/mol. The molecule has 29 heavy (non-hydrogen) atoms. The van der Waals surface area contributed by atoms with Crippen molar-refractivity contribution in [3.8, 4) is 11.5 Å². The lowest BCUT2D eigenvalue weighted by Crippen LogP contribution is -2.46. The van der Waals surface area contributed by atoms with Crippen LogP contribution in [0.1, 0.15) is 25.0 Å². The van der Waals surface area contributed by atoms with Crippen LogP contribution in [-0.2, 0) is 6.42 Å². The number of ether oxygens (including phenoxy) is 2. The molecule has 2 aromatic carbocycles. The first-order valence-corrected chi connectivity index (χ1v) is 10.3. The molecule has 0 saturated carbocycles. The predicted octanol–water partition coefficient (Wildman–Crippen LogP) is 4.94. The summed E-state index contributed by atoms with van der Waals surface area (Å²) >= 11 is 3.43. The summed E-state index contributed by atoms with van der Waals surface area (Å²) < 4.78 is 11.8. The molecule has 0 bridgehead atoms. The van der Waals surface area contributed by atoms with E-state index in [4.69, 9.17) is 9.47 Å². The van der Waals surface area contributed by atoms with Gasteiger partial charge < -0.3 is 9.47 Å². The number of rotatable bonds is 4. The highest BCUT2D eigenvalue weighted by atomic mass is 79.9. The number of amides is 2. The SMILES string of the molecule is COc1cc2c(cc1OC)CC(C(C)C)N(C(=O)N(C)c1ccc(Br)cc1)N=C2. The summed E-state index contributed by atoms with van der Waals surface area (Å²) in [5.74, 6) is 1.54. The summed E-state index contributed by atoms with van der Waals surface area (Å²) in [6.45, 7) is 4.21. The van der Waals surface area contributed by atoms with Crippen molar-refractivity contribution in [1.29, 1.82) is 0 Å². The molecule has 0 radical (unpaired) electrons. The second-order valence-corrected chi connectivity index (χ2v) is 8.24. The Kier molecular flexibility index (Phi) is 6.47. The minimum Gasteiger partial charge on any atom is -0.493 e. The Bertz CT molecular complexity index is 912. The van der Waals surface area contributed by atoms with Crippen molar-refractivity contribution >= 4 is 33.9 Å². The van der Waals surface area contributed by atoms with Crippen molar-refractivity contribution in [2.45, 2.75) is 26.3 Å². The van der Waals surface area contributed by atoms with Crippen molar-refractivity contribution in [2.75, 3.05) is 26.2 Å². The second-order valence-electron chi connectivity index (χ2n) is 7.33. The highest BCUT2D eigenvalue weighted by molar-refractivity contribution is 9.10.